The molecule has 4 rings (SSSR count). The van der Waals surface area contributed by atoms with Crippen molar-refractivity contribution < 1.29 is 23.5 Å². The first-order valence-electron chi connectivity index (χ1n) is 13.7. The highest BCUT2D eigenvalue weighted by Crippen LogP contribution is 2.32. The fourth-order valence-corrected chi connectivity index (χ4v) is 4.96. The van der Waals surface area contributed by atoms with Gasteiger partial charge in [-0.15, -0.1) is 0 Å². The number of nitrogens with one attached hydrogen (secondary N) is 2. The molecular weight excluding hydrogens is 511 g/mol. The normalized spacial score (nSPS) is 14.2. The van der Waals surface area contributed by atoms with Crippen LogP contribution in [0.3, 0.4) is 0 Å². The van der Waals surface area contributed by atoms with Crippen molar-refractivity contribution in [1.82, 2.24) is 10.3 Å². The summed E-state index contributed by atoms with van der Waals surface area (Å²) in [6.07, 6.45) is 6.68. The van der Waals surface area contributed by atoms with Gasteiger partial charge in [0.25, 0.3) is 0 Å². The molecule has 2 N–H and O–H groups in total. The van der Waals surface area contributed by atoms with E-state index in [0.717, 1.165) is 32.1 Å². The number of nitrogens with zero attached hydrogens (tertiary/aromatic N) is 2. The molecule has 40 heavy (non-hydrogen) atoms. The summed E-state index contributed by atoms with van der Waals surface area (Å²) >= 11 is 0. The minimum Gasteiger partial charge on any atom is -0.497 e. The molecule has 3 amide bonds. The second kappa shape index (κ2) is 14.2. The van der Waals surface area contributed by atoms with Crippen molar-refractivity contribution in [2.24, 2.45) is 0 Å². The Morgan fingerprint density at radius 1 is 0.975 bits per heavy atom. The molecule has 0 saturated heterocycles. The number of hydrogen-bond acceptors (Lipinski definition) is 5. The maximum absolute atomic E-state index is 15.2. The summed E-state index contributed by atoms with van der Waals surface area (Å²) in [6.45, 7) is 0. The van der Waals surface area contributed by atoms with Gasteiger partial charge in [-0.3, -0.25) is 19.3 Å². The Morgan fingerprint density at radius 3 is 2.38 bits per heavy atom. The lowest BCUT2D eigenvalue weighted by Gasteiger charge is -2.33. The molecule has 0 bridgehead atoms. The number of carbonyl (C=O) groups excluding carboxylic acids is 3. The van der Waals surface area contributed by atoms with Gasteiger partial charge in [-0.2, -0.15) is 0 Å². The fraction of sp³-hybridized carbons (Fsp3) is 0.355. The average Bonchev–Trinajstić information content (AvgIpc) is 2.97. The molecule has 1 saturated carbocycles. The van der Waals surface area contributed by atoms with Gasteiger partial charge < -0.3 is 15.4 Å². The highest BCUT2D eigenvalue weighted by Gasteiger charge is 2.35. The van der Waals surface area contributed by atoms with Crippen molar-refractivity contribution in [3.05, 3.63) is 84.3 Å². The molecule has 1 heterocycles. The molecule has 2 aromatic carbocycles. The highest BCUT2D eigenvalue weighted by molar-refractivity contribution is 6.01. The maximum atomic E-state index is 15.2. The third-order valence-electron chi connectivity index (χ3n) is 7.00. The second-order valence-electron chi connectivity index (χ2n) is 9.85. The van der Waals surface area contributed by atoms with Crippen molar-refractivity contribution in [2.75, 3.05) is 17.3 Å². The van der Waals surface area contributed by atoms with Gasteiger partial charge in [-0.05, 0) is 61.2 Å². The number of halogens is 1. The monoisotopic (exact) mass is 546 g/mol. The standard InChI is InChI=1S/C31H35FN4O4/c1-40-24-19-17-22(18-20-24)30(31(39)34-23-10-3-2-4-11-23)36(26-13-6-5-12-25(26)32)29(38)16-9-15-28(37)35-27-14-7-8-21-33-27/h5-8,12-14,17-21,23,30H,2-4,9-11,15-16H2,1H3,(H,34,39)(H,33,35,37). The van der Waals surface area contributed by atoms with E-state index >= 15 is 4.39 Å². The molecule has 210 valence electrons. The van der Waals surface area contributed by atoms with Crippen LogP contribution in [0.5, 0.6) is 5.75 Å². The fourth-order valence-electron chi connectivity index (χ4n) is 4.96. The molecule has 0 spiro atoms. The number of aromatic nitrogens is 1. The Balaban J connectivity index is 1.59. The lowest BCUT2D eigenvalue weighted by Crippen LogP contribution is -2.47. The van der Waals surface area contributed by atoms with Gasteiger partial charge in [0, 0.05) is 25.1 Å². The first-order valence-corrected chi connectivity index (χ1v) is 13.7. The van der Waals surface area contributed by atoms with E-state index in [2.05, 4.69) is 15.6 Å². The number of methoxy groups -OCH3 is 1. The van der Waals surface area contributed by atoms with Crippen LogP contribution in [0.15, 0.2) is 72.9 Å². The molecule has 1 aliphatic rings. The van der Waals surface area contributed by atoms with E-state index in [4.69, 9.17) is 4.74 Å². The van der Waals surface area contributed by atoms with E-state index < -0.39 is 17.8 Å². The van der Waals surface area contributed by atoms with Crippen LogP contribution in [-0.2, 0) is 14.4 Å². The van der Waals surface area contributed by atoms with E-state index in [1.54, 1.807) is 61.8 Å². The Bertz CT molecular complexity index is 1280. The van der Waals surface area contributed by atoms with Crippen LogP contribution in [0.4, 0.5) is 15.9 Å². The number of para-hydroxylation sites is 1. The summed E-state index contributed by atoms with van der Waals surface area (Å²) in [4.78, 5) is 45.4. The largest absolute Gasteiger partial charge is 0.497 e. The van der Waals surface area contributed by atoms with E-state index in [-0.39, 0.29) is 42.8 Å². The topological polar surface area (TPSA) is 101 Å². The summed E-state index contributed by atoms with van der Waals surface area (Å²) in [5.74, 6) is -0.723. The van der Waals surface area contributed by atoms with Gasteiger partial charge in [0.15, 0.2) is 0 Å². The van der Waals surface area contributed by atoms with Crippen molar-refractivity contribution in [3.63, 3.8) is 0 Å². The Morgan fingerprint density at radius 2 is 1.70 bits per heavy atom. The average molecular weight is 547 g/mol. The van der Waals surface area contributed by atoms with Crippen LogP contribution < -0.4 is 20.3 Å². The molecule has 1 atom stereocenters. The first kappa shape index (κ1) is 28.7. The number of ether oxygens (including phenoxy) is 1. The van der Waals surface area contributed by atoms with Gasteiger partial charge in [-0.25, -0.2) is 9.37 Å². The lowest BCUT2D eigenvalue weighted by molar-refractivity contribution is -0.127. The predicted octanol–water partition coefficient (Wildman–Crippen LogP) is 5.56. The number of pyridine rings is 1. The molecular formula is C31H35FN4O4. The number of amides is 3. The minimum absolute atomic E-state index is 0.00468. The van der Waals surface area contributed by atoms with Gasteiger partial charge >= 0.3 is 0 Å². The zero-order valence-corrected chi connectivity index (χ0v) is 22.6. The number of carbonyl (C=O) groups is 3. The quantitative estimate of drug-likeness (QED) is 0.328. The molecule has 8 nitrogen and oxygen atoms in total. The molecule has 9 heteroatoms. The zero-order chi connectivity index (χ0) is 28.3. The van der Waals surface area contributed by atoms with Crippen LogP contribution in [-0.4, -0.2) is 35.9 Å². The second-order valence-corrected chi connectivity index (χ2v) is 9.85. The molecule has 1 aromatic heterocycles. The molecule has 3 aromatic rings. The van der Waals surface area contributed by atoms with Crippen LogP contribution in [0.25, 0.3) is 0 Å². The third-order valence-corrected chi connectivity index (χ3v) is 7.00. The van der Waals surface area contributed by atoms with Gasteiger partial charge in [-0.1, -0.05) is 49.6 Å². The Labute approximate surface area is 233 Å². The van der Waals surface area contributed by atoms with E-state index in [1.807, 2.05) is 0 Å². The van der Waals surface area contributed by atoms with E-state index in [9.17, 15) is 14.4 Å². The van der Waals surface area contributed by atoms with Crippen molar-refractivity contribution in [2.45, 2.75) is 63.5 Å². The van der Waals surface area contributed by atoms with Crippen LogP contribution >= 0.6 is 0 Å². The van der Waals surface area contributed by atoms with Crippen LogP contribution in [0.1, 0.15) is 63.0 Å². The zero-order valence-electron chi connectivity index (χ0n) is 22.6. The number of hydrogen-bond donors (Lipinski definition) is 2. The molecule has 0 radical (unpaired) electrons. The van der Waals surface area contributed by atoms with Crippen LogP contribution in [0, 0.1) is 5.82 Å². The summed E-state index contributed by atoms with van der Waals surface area (Å²) in [5, 5.41) is 5.81. The van der Waals surface area contributed by atoms with Gasteiger partial charge in [0.2, 0.25) is 17.7 Å². The lowest BCUT2D eigenvalue weighted by atomic mass is 9.94. The number of benzene rings is 2. The third kappa shape index (κ3) is 7.65. The van der Waals surface area contributed by atoms with Crippen LogP contribution in [0.2, 0.25) is 0 Å². The van der Waals surface area contributed by atoms with Crippen molar-refractivity contribution in [1.29, 1.82) is 0 Å². The molecule has 1 unspecified atom stereocenters. The summed E-state index contributed by atoms with van der Waals surface area (Å²) in [6, 6.07) is 16.8. The van der Waals surface area contributed by atoms with Crippen molar-refractivity contribution >= 4 is 29.2 Å². The Kier molecular flexibility index (Phi) is 10.2. The maximum Gasteiger partial charge on any atom is 0.248 e. The smallest absolute Gasteiger partial charge is 0.248 e. The minimum atomic E-state index is -1.11. The first-order chi connectivity index (χ1) is 19.5. The number of anilines is 2. The van der Waals surface area contributed by atoms with E-state index in [0.29, 0.717) is 17.1 Å². The summed E-state index contributed by atoms with van der Waals surface area (Å²) in [7, 11) is 1.54. The predicted molar refractivity (Wildman–Crippen MR) is 151 cm³/mol. The Hall–Kier alpha value is -4.27. The molecule has 1 fully saturated rings. The SMILES string of the molecule is COc1ccc(C(C(=O)NC2CCCCC2)N(C(=O)CCCC(=O)Nc2ccccn2)c2ccccc2F)cc1. The van der Waals surface area contributed by atoms with Crippen molar-refractivity contribution in [3.8, 4) is 5.75 Å². The summed E-state index contributed by atoms with van der Waals surface area (Å²) in [5.41, 5.74) is 0.531. The molecule has 1 aliphatic carbocycles. The van der Waals surface area contributed by atoms with Gasteiger partial charge in [0.05, 0.1) is 12.8 Å². The molecule has 0 aliphatic heterocycles. The highest BCUT2D eigenvalue weighted by atomic mass is 19.1. The summed E-state index contributed by atoms with van der Waals surface area (Å²) < 4.78 is 20.5. The van der Waals surface area contributed by atoms with Gasteiger partial charge in [0.1, 0.15) is 23.4 Å². The van der Waals surface area contributed by atoms with E-state index in [1.165, 1.54) is 23.1 Å². The number of rotatable bonds is 11.